The molecular formula is C23H19Cl2IN4O5S. The number of amides is 1. The lowest BCUT2D eigenvalue weighted by molar-refractivity contribution is -0.693. The molecule has 2 heterocycles. The molecule has 0 bridgehead atoms. The molecule has 36 heavy (non-hydrogen) atoms. The molecule has 4 rings (SSSR count). The van der Waals surface area contributed by atoms with E-state index in [1.165, 1.54) is 49.4 Å². The van der Waals surface area contributed by atoms with Crippen LogP contribution in [0.2, 0.25) is 10.0 Å². The van der Waals surface area contributed by atoms with Crippen molar-refractivity contribution < 1.29 is 41.8 Å². The maximum absolute atomic E-state index is 13.8. The van der Waals surface area contributed by atoms with Crippen LogP contribution in [-0.4, -0.2) is 23.0 Å². The molecule has 0 saturated heterocycles. The molecule has 0 saturated carbocycles. The lowest BCUT2D eigenvalue weighted by Crippen LogP contribution is -3.00. The normalized spacial score (nSPS) is 11.2. The lowest BCUT2D eigenvalue weighted by Gasteiger charge is -2.24. The van der Waals surface area contributed by atoms with Crippen LogP contribution in [0.25, 0.3) is 10.9 Å². The van der Waals surface area contributed by atoms with E-state index < -0.39 is 27.2 Å². The summed E-state index contributed by atoms with van der Waals surface area (Å²) in [7, 11) is -4.66. The summed E-state index contributed by atoms with van der Waals surface area (Å²) in [6.07, 6.45) is 3.39. The number of anilines is 1. The van der Waals surface area contributed by atoms with Gasteiger partial charge in [-0.05, 0) is 55.5 Å². The zero-order valence-corrected chi connectivity index (χ0v) is 23.4. The second-order valence-electron chi connectivity index (χ2n) is 7.51. The van der Waals surface area contributed by atoms with Gasteiger partial charge in [-0.1, -0.05) is 23.2 Å². The minimum absolute atomic E-state index is 0. The maximum Gasteiger partial charge on any atom is 0.365 e. The molecule has 188 valence electrons. The standard InChI is InChI=1S/C23H19Cl2N4O5S.HI/c1-3-26-12-4-5-18(14-26)27(15(2)30)28-21-13-17(25)8-11-20(21)22(31)29(23(28)32)35(33,34)19-9-6-16(24)7-10-19;/h4-14H,3H2,1-2H3;1H/q+1;/p-1. The third kappa shape index (κ3) is 4.92. The number of carbonyl (C=O) groups is 1. The first-order chi connectivity index (χ1) is 16.6. The van der Waals surface area contributed by atoms with Crippen LogP contribution in [0.5, 0.6) is 0 Å². The monoisotopic (exact) mass is 660 g/mol. The van der Waals surface area contributed by atoms with Crippen LogP contribution in [0.1, 0.15) is 13.8 Å². The van der Waals surface area contributed by atoms with Gasteiger partial charge in [0.25, 0.3) is 15.6 Å². The number of hydrogen-bond donors (Lipinski definition) is 0. The van der Waals surface area contributed by atoms with Gasteiger partial charge in [0, 0.05) is 23.0 Å². The Morgan fingerprint density at radius 2 is 1.67 bits per heavy atom. The first-order valence-corrected chi connectivity index (χ1v) is 12.5. The van der Waals surface area contributed by atoms with Crippen LogP contribution in [0, 0.1) is 0 Å². The Bertz CT molecular complexity index is 1700. The average Bonchev–Trinajstić information content (AvgIpc) is 2.81. The van der Waals surface area contributed by atoms with Crippen LogP contribution < -0.4 is 44.8 Å². The van der Waals surface area contributed by atoms with Gasteiger partial charge in [0.1, 0.15) is 12.2 Å². The van der Waals surface area contributed by atoms with E-state index in [1.54, 1.807) is 29.1 Å². The van der Waals surface area contributed by atoms with Gasteiger partial charge in [-0.2, -0.15) is 4.68 Å². The van der Waals surface area contributed by atoms with E-state index in [2.05, 4.69) is 0 Å². The molecule has 0 unspecified atom stereocenters. The third-order valence-corrected chi connectivity index (χ3v) is 7.42. The Morgan fingerprint density at radius 1 is 1.03 bits per heavy atom. The van der Waals surface area contributed by atoms with Crippen molar-refractivity contribution >= 4 is 55.7 Å². The lowest BCUT2D eigenvalue weighted by atomic mass is 10.2. The number of pyridine rings is 1. The summed E-state index contributed by atoms with van der Waals surface area (Å²) < 4.78 is 29.7. The van der Waals surface area contributed by atoms with Crippen LogP contribution in [-0.2, 0) is 21.4 Å². The predicted molar refractivity (Wildman–Crippen MR) is 132 cm³/mol. The highest BCUT2D eigenvalue weighted by molar-refractivity contribution is 7.90. The van der Waals surface area contributed by atoms with Gasteiger partial charge in [0.15, 0.2) is 12.4 Å². The zero-order valence-electron chi connectivity index (χ0n) is 18.9. The van der Waals surface area contributed by atoms with E-state index >= 15 is 0 Å². The topological polar surface area (TPSA) is 102 Å². The first kappa shape index (κ1) is 27.8. The van der Waals surface area contributed by atoms with Crippen molar-refractivity contribution in [1.82, 2.24) is 8.65 Å². The number of nitrogens with zero attached hydrogens (tertiary/aromatic N) is 4. The Hall–Kier alpha value is -2.74. The summed E-state index contributed by atoms with van der Waals surface area (Å²) in [6, 6.07) is 12.3. The first-order valence-electron chi connectivity index (χ1n) is 10.3. The highest BCUT2D eigenvalue weighted by Gasteiger charge is 2.29. The highest BCUT2D eigenvalue weighted by Crippen LogP contribution is 2.21. The van der Waals surface area contributed by atoms with E-state index in [9.17, 15) is 22.8 Å². The molecule has 2 aromatic carbocycles. The molecule has 0 aliphatic heterocycles. The molecule has 0 fully saturated rings. The molecular weight excluding hydrogens is 642 g/mol. The molecule has 0 radical (unpaired) electrons. The van der Waals surface area contributed by atoms with E-state index in [1.807, 2.05) is 6.92 Å². The largest absolute Gasteiger partial charge is 1.00 e. The fourth-order valence-corrected chi connectivity index (χ4v) is 5.21. The number of carbonyl (C=O) groups excluding carboxylic acids is 1. The fourth-order valence-electron chi connectivity index (χ4n) is 3.63. The van der Waals surface area contributed by atoms with Gasteiger partial charge in [-0.25, -0.2) is 22.8 Å². The molecule has 13 heteroatoms. The number of aromatic nitrogens is 3. The molecule has 4 aromatic rings. The summed E-state index contributed by atoms with van der Waals surface area (Å²) in [5, 5.41) is 1.33. The number of fused-ring (bicyclic) bond motifs is 1. The van der Waals surface area contributed by atoms with Crippen LogP contribution in [0.15, 0.2) is 81.5 Å². The van der Waals surface area contributed by atoms with Crippen molar-refractivity contribution in [1.29, 1.82) is 0 Å². The SMILES string of the molecule is CC[n+]1cccc(N(C(C)=O)n2c(=O)n(S(=O)(=O)c3ccc(Cl)cc3)c(=O)c3ccc(Cl)cc32)c1.[I-]. The van der Waals surface area contributed by atoms with Gasteiger partial charge in [-0.3, -0.25) is 9.59 Å². The van der Waals surface area contributed by atoms with E-state index in [0.717, 1.165) is 9.69 Å². The van der Waals surface area contributed by atoms with Crippen molar-refractivity contribution in [2.45, 2.75) is 25.3 Å². The average molecular weight is 661 g/mol. The quantitative estimate of drug-likeness (QED) is 0.219. The van der Waals surface area contributed by atoms with Gasteiger partial charge in [0.2, 0.25) is 5.91 Å². The highest BCUT2D eigenvalue weighted by atomic mass is 127. The summed E-state index contributed by atoms with van der Waals surface area (Å²) in [4.78, 5) is 39.6. The summed E-state index contributed by atoms with van der Waals surface area (Å²) in [5.74, 6) is -0.601. The summed E-state index contributed by atoms with van der Waals surface area (Å²) in [6.45, 7) is 3.68. The molecule has 0 N–H and O–H groups in total. The molecule has 0 aliphatic carbocycles. The third-order valence-electron chi connectivity index (χ3n) is 5.26. The second kappa shape index (κ2) is 10.7. The summed E-state index contributed by atoms with van der Waals surface area (Å²) >= 11 is 12.0. The van der Waals surface area contributed by atoms with Crippen molar-refractivity contribution in [2.75, 3.05) is 5.01 Å². The van der Waals surface area contributed by atoms with Gasteiger partial charge >= 0.3 is 5.69 Å². The number of hydrogen-bond acceptors (Lipinski definition) is 5. The Balaban J connectivity index is 0.00000361. The number of rotatable bonds is 5. The van der Waals surface area contributed by atoms with Crippen molar-refractivity contribution in [2.24, 2.45) is 0 Å². The fraction of sp³-hybridized carbons (Fsp3) is 0.130. The van der Waals surface area contributed by atoms with Crippen LogP contribution in [0.3, 0.4) is 0 Å². The molecule has 0 aliphatic rings. The maximum atomic E-state index is 13.8. The molecule has 2 aromatic heterocycles. The van der Waals surface area contributed by atoms with Gasteiger partial charge in [0.05, 0.1) is 15.8 Å². The summed E-state index contributed by atoms with van der Waals surface area (Å²) in [5.41, 5.74) is -2.09. The van der Waals surface area contributed by atoms with Gasteiger partial charge < -0.3 is 24.0 Å². The minimum atomic E-state index is -4.66. The van der Waals surface area contributed by atoms with Crippen molar-refractivity contribution in [3.8, 4) is 0 Å². The van der Waals surface area contributed by atoms with Crippen molar-refractivity contribution in [3.05, 3.63) is 97.9 Å². The van der Waals surface area contributed by atoms with Gasteiger partial charge in [-0.15, -0.1) is 3.97 Å². The Kier molecular flexibility index (Phi) is 8.28. The Labute approximate surface area is 233 Å². The number of benzene rings is 2. The minimum Gasteiger partial charge on any atom is -1.00 e. The van der Waals surface area contributed by atoms with Crippen molar-refractivity contribution in [3.63, 3.8) is 0 Å². The van der Waals surface area contributed by atoms with E-state index in [-0.39, 0.29) is 59.5 Å². The van der Waals surface area contributed by atoms with E-state index in [0.29, 0.717) is 6.54 Å². The van der Waals surface area contributed by atoms with Crippen LogP contribution >= 0.6 is 23.2 Å². The van der Waals surface area contributed by atoms with Crippen LogP contribution in [0.4, 0.5) is 5.69 Å². The molecule has 9 nitrogen and oxygen atoms in total. The van der Waals surface area contributed by atoms with E-state index in [4.69, 9.17) is 23.2 Å². The Morgan fingerprint density at radius 3 is 2.28 bits per heavy atom. The number of halogens is 3. The second-order valence-corrected chi connectivity index (χ2v) is 10.2. The molecule has 0 atom stereocenters. The number of aryl methyl sites for hydroxylation is 1. The predicted octanol–water partition coefficient (Wildman–Crippen LogP) is -0.165. The zero-order chi connectivity index (χ0) is 25.5. The molecule has 1 amide bonds. The smallest absolute Gasteiger partial charge is 0.365 e. The molecule has 0 spiro atoms.